The number of carbonyl (C=O) groups is 1. The second kappa shape index (κ2) is 6.67. The van der Waals surface area contributed by atoms with E-state index in [0.717, 1.165) is 0 Å². The second-order valence-corrected chi connectivity index (χ2v) is 3.93. The minimum Gasteiger partial charge on any atom is -0.479 e. The van der Waals surface area contributed by atoms with Gasteiger partial charge in [-0.1, -0.05) is 23.7 Å². The quantitative estimate of drug-likeness (QED) is 0.830. The minimum absolute atomic E-state index is 0.225. The summed E-state index contributed by atoms with van der Waals surface area (Å²) >= 11 is 5.86. The molecule has 0 saturated carbocycles. The molecule has 4 nitrogen and oxygen atoms in total. The molecule has 0 aliphatic heterocycles. The van der Waals surface area contributed by atoms with E-state index in [-0.39, 0.29) is 11.5 Å². The van der Waals surface area contributed by atoms with E-state index in [0.29, 0.717) is 17.3 Å². The highest BCUT2D eigenvalue weighted by Gasteiger charge is 2.16. The average molecular weight is 265 g/mol. The van der Waals surface area contributed by atoms with E-state index in [4.69, 9.17) is 21.6 Å². The maximum atomic E-state index is 11.6. The molecule has 1 aromatic rings. The van der Waals surface area contributed by atoms with Crippen LogP contribution >= 0.6 is 11.6 Å². The largest absolute Gasteiger partial charge is 0.479 e. The number of nitrogens with one attached hydrogen (secondary N) is 1. The molecular weight excluding hydrogens is 252 g/mol. The van der Waals surface area contributed by atoms with Gasteiger partial charge in [0.25, 0.3) is 5.91 Å². The number of halogens is 1. The third kappa shape index (κ3) is 3.51. The molecule has 0 spiro atoms. The molecule has 1 aromatic carbocycles. The summed E-state index contributed by atoms with van der Waals surface area (Å²) < 4.78 is 5.42. The number of hydrogen-bond donors (Lipinski definition) is 1. The van der Waals surface area contributed by atoms with E-state index in [1.165, 1.54) is 0 Å². The van der Waals surface area contributed by atoms with Crippen LogP contribution in [0.5, 0.6) is 5.75 Å². The van der Waals surface area contributed by atoms with Crippen LogP contribution in [0.25, 0.3) is 0 Å². The zero-order valence-electron chi connectivity index (χ0n) is 9.94. The molecule has 0 radical (unpaired) electrons. The first-order valence-electron chi connectivity index (χ1n) is 5.34. The van der Waals surface area contributed by atoms with Crippen LogP contribution in [0.1, 0.15) is 12.5 Å². The Bertz CT molecular complexity index is 494. The maximum Gasteiger partial charge on any atom is 0.261 e. The first-order chi connectivity index (χ1) is 8.60. The number of nitriles is 1. The maximum absolute atomic E-state index is 11.6. The number of carbonyl (C=O) groups excluding carboxylic acids is 1. The van der Waals surface area contributed by atoms with Gasteiger partial charge in [-0.2, -0.15) is 5.26 Å². The Labute approximate surface area is 111 Å². The number of nitrogens with zero attached hydrogens (tertiary/aromatic N) is 1. The van der Waals surface area contributed by atoms with Gasteiger partial charge in [0.15, 0.2) is 6.10 Å². The summed E-state index contributed by atoms with van der Waals surface area (Å²) in [7, 11) is 0. The van der Waals surface area contributed by atoms with Crippen molar-refractivity contribution in [1.29, 1.82) is 5.26 Å². The van der Waals surface area contributed by atoms with Gasteiger partial charge in [0.05, 0.1) is 5.02 Å². The van der Waals surface area contributed by atoms with Crippen molar-refractivity contribution >= 4 is 17.5 Å². The van der Waals surface area contributed by atoms with E-state index >= 15 is 0 Å². The number of benzene rings is 1. The lowest BCUT2D eigenvalue weighted by atomic mass is 10.2. The van der Waals surface area contributed by atoms with Gasteiger partial charge in [0.2, 0.25) is 0 Å². The van der Waals surface area contributed by atoms with Crippen LogP contribution < -0.4 is 10.1 Å². The van der Waals surface area contributed by atoms with Gasteiger partial charge in [-0.05, 0) is 19.1 Å². The van der Waals surface area contributed by atoms with E-state index < -0.39 is 6.10 Å². The highest BCUT2D eigenvalue weighted by Crippen LogP contribution is 2.26. The zero-order valence-corrected chi connectivity index (χ0v) is 10.7. The second-order valence-electron chi connectivity index (χ2n) is 3.52. The molecule has 0 aliphatic rings. The van der Waals surface area contributed by atoms with Crippen LogP contribution in [0.3, 0.4) is 0 Å². The first kappa shape index (κ1) is 14.1. The Morgan fingerprint density at radius 3 is 3.06 bits per heavy atom. The molecule has 1 amide bonds. The number of amides is 1. The third-order valence-electron chi connectivity index (χ3n) is 2.18. The highest BCUT2D eigenvalue weighted by molar-refractivity contribution is 6.31. The van der Waals surface area contributed by atoms with Crippen molar-refractivity contribution in [3.63, 3.8) is 0 Å². The molecule has 0 saturated heterocycles. The predicted octanol–water partition coefficient (Wildman–Crippen LogP) is 2.28. The van der Waals surface area contributed by atoms with Crippen molar-refractivity contribution in [3.8, 4) is 11.8 Å². The van der Waals surface area contributed by atoms with Crippen LogP contribution in [0.15, 0.2) is 30.9 Å². The van der Waals surface area contributed by atoms with Gasteiger partial charge < -0.3 is 10.1 Å². The fourth-order valence-corrected chi connectivity index (χ4v) is 1.48. The summed E-state index contributed by atoms with van der Waals surface area (Å²) in [5.74, 6) is 0.0185. The van der Waals surface area contributed by atoms with Crippen molar-refractivity contribution in [2.24, 2.45) is 0 Å². The van der Waals surface area contributed by atoms with Crippen molar-refractivity contribution in [2.75, 3.05) is 6.54 Å². The average Bonchev–Trinajstić information content (AvgIpc) is 2.36. The molecule has 18 heavy (non-hydrogen) atoms. The van der Waals surface area contributed by atoms with Gasteiger partial charge in [-0.3, -0.25) is 4.79 Å². The predicted molar refractivity (Wildman–Crippen MR) is 69.5 cm³/mol. The molecule has 94 valence electrons. The Morgan fingerprint density at radius 2 is 2.44 bits per heavy atom. The Balaban J connectivity index is 2.79. The number of ether oxygens (including phenoxy) is 1. The summed E-state index contributed by atoms with van der Waals surface area (Å²) in [6, 6.07) is 6.80. The molecule has 0 aliphatic carbocycles. The van der Waals surface area contributed by atoms with E-state index in [1.807, 2.05) is 6.07 Å². The lowest BCUT2D eigenvalue weighted by Gasteiger charge is -2.15. The monoisotopic (exact) mass is 264 g/mol. The van der Waals surface area contributed by atoms with Crippen LogP contribution in [0.4, 0.5) is 0 Å². The number of rotatable bonds is 5. The molecule has 1 rings (SSSR count). The van der Waals surface area contributed by atoms with Crippen molar-refractivity contribution in [3.05, 3.63) is 41.4 Å². The highest BCUT2D eigenvalue weighted by atomic mass is 35.5. The SMILES string of the molecule is C=CCNC(=O)C(C)Oc1cccc(Cl)c1C#N. The molecular formula is C13H13ClN2O2. The molecule has 0 heterocycles. The normalized spacial score (nSPS) is 11.2. The summed E-state index contributed by atoms with van der Waals surface area (Å²) in [4.78, 5) is 11.6. The third-order valence-corrected chi connectivity index (χ3v) is 2.50. The molecule has 1 unspecified atom stereocenters. The minimum atomic E-state index is -0.712. The van der Waals surface area contributed by atoms with Gasteiger partial charge in [0, 0.05) is 6.54 Å². The topological polar surface area (TPSA) is 62.1 Å². The van der Waals surface area contributed by atoms with Crippen LogP contribution in [-0.2, 0) is 4.79 Å². The van der Waals surface area contributed by atoms with E-state index in [2.05, 4.69) is 11.9 Å². The Morgan fingerprint density at radius 1 is 1.72 bits per heavy atom. The van der Waals surface area contributed by atoms with E-state index in [1.54, 1.807) is 31.2 Å². The first-order valence-corrected chi connectivity index (χ1v) is 5.71. The van der Waals surface area contributed by atoms with Crippen LogP contribution in [-0.4, -0.2) is 18.6 Å². The molecule has 1 N–H and O–H groups in total. The molecule has 5 heteroatoms. The van der Waals surface area contributed by atoms with Crippen LogP contribution in [0.2, 0.25) is 5.02 Å². The number of hydrogen-bond acceptors (Lipinski definition) is 3. The summed E-state index contributed by atoms with van der Waals surface area (Å²) in [6.07, 6.45) is 0.862. The summed E-state index contributed by atoms with van der Waals surface area (Å²) in [5.41, 5.74) is 0.225. The fraction of sp³-hybridized carbons (Fsp3) is 0.231. The van der Waals surface area contributed by atoms with Crippen molar-refractivity contribution in [1.82, 2.24) is 5.32 Å². The van der Waals surface area contributed by atoms with Gasteiger partial charge in [0.1, 0.15) is 17.4 Å². The smallest absolute Gasteiger partial charge is 0.261 e. The molecule has 0 bridgehead atoms. The van der Waals surface area contributed by atoms with Crippen LogP contribution in [0, 0.1) is 11.3 Å². The Hall–Kier alpha value is -1.99. The van der Waals surface area contributed by atoms with Gasteiger partial charge >= 0.3 is 0 Å². The standard InChI is InChI=1S/C13H13ClN2O2/c1-3-7-16-13(17)9(2)18-12-6-4-5-11(14)10(12)8-15/h3-6,9H,1,7H2,2H3,(H,16,17). The lowest BCUT2D eigenvalue weighted by Crippen LogP contribution is -2.36. The summed E-state index contributed by atoms with van der Waals surface area (Å²) in [5, 5.41) is 11.9. The fourth-order valence-electron chi connectivity index (χ4n) is 1.27. The Kier molecular flexibility index (Phi) is 5.22. The van der Waals surface area contributed by atoms with Crippen molar-refractivity contribution < 1.29 is 9.53 Å². The van der Waals surface area contributed by atoms with Gasteiger partial charge in [-0.25, -0.2) is 0 Å². The molecule has 0 aromatic heterocycles. The van der Waals surface area contributed by atoms with E-state index in [9.17, 15) is 4.79 Å². The zero-order chi connectivity index (χ0) is 13.5. The lowest BCUT2D eigenvalue weighted by molar-refractivity contribution is -0.127. The van der Waals surface area contributed by atoms with Crippen molar-refractivity contribution in [2.45, 2.75) is 13.0 Å². The van der Waals surface area contributed by atoms with Gasteiger partial charge in [-0.15, -0.1) is 6.58 Å². The molecule has 0 fully saturated rings. The molecule has 1 atom stereocenters. The summed E-state index contributed by atoms with van der Waals surface area (Å²) in [6.45, 7) is 5.46.